The quantitative estimate of drug-likeness (QED) is 0.437. The maximum atomic E-state index is 13.3. The molecule has 1 aliphatic heterocycles. The van der Waals surface area contributed by atoms with Crippen molar-refractivity contribution in [1.82, 2.24) is 18.9 Å². The van der Waals surface area contributed by atoms with Crippen molar-refractivity contribution in [3.8, 4) is 6.07 Å². The third-order valence-electron chi connectivity index (χ3n) is 6.25. The van der Waals surface area contributed by atoms with Gasteiger partial charge in [-0.2, -0.15) is 5.26 Å². The number of imidazole rings is 1. The van der Waals surface area contributed by atoms with Gasteiger partial charge in [0.25, 0.3) is 5.56 Å². The molecular formula is C25H26N6O3. The first-order valence-electron chi connectivity index (χ1n) is 11.3. The lowest BCUT2D eigenvalue weighted by atomic mass is 10.1. The molecular weight excluding hydrogens is 432 g/mol. The SMILES string of the molecule is COC[C@H]1CN(c2ccc3c(=O)n(CCc4ccn5cc(C#N)nc5c4)c(C)nc3c2)CCO1. The predicted octanol–water partition coefficient (Wildman–Crippen LogP) is 2.32. The number of fused-ring (bicyclic) bond motifs is 2. The highest BCUT2D eigenvalue weighted by molar-refractivity contribution is 5.81. The topological polar surface area (TPSA) is 97.7 Å². The number of nitriles is 1. The first-order valence-corrected chi connectivity index (χ1v) is 11.3. The van der Waals surface area contributed by atoms with Crippen LogP contribution >= 0.6 is 0 Å². The summed E-state index contributed by atoms with van der Waals surface area (Å²) in [6.45, 7) is 5.11. The number of anilines is 1. The van der Waals surface area contributed by atoms with Crippen LogP contribution in [0.5, 0.6) is 0 Å². The van der Waals surface area contributed by atoms with Gasteiger partial charge in [-0.15, -0.1) is 0 Å². The van der Waals surface area contributed by atoms with Gasteiger partial charge in [0.2, 0.25) is 0 Å². The number of ether oxygens (including phenoxy) is 2. The minimum Gasteiger partial charge on any atom is -0.382 e. The molecule has 34 heavy (non-hydrogen) atoms. The Hall–Kier alpha value is -3.74. The lowest BCUT2D eigenvalue weighted by molar-refractivity contribution is -0.0100. The fourth-order valence-corrected chi connectivity index (χ4v) is 4.50. The average Bonchev–Trinajstić information content (AvgIpc) is 3.26. The van der Waals surface area contributed by atoms with Gasteiger partial charge in [0, 0.05) is 44.8 Å². The lowest BCUT2D eigenvalue weighted by Crippen LogP contribution is -2.44. The van der Waals surface area contributed by atoms with E-state index in [1.807, 2.05) is 47.9 Å². The fraction of sp³-hybridized carbons (Fsp3) is 0.360. The van der Waals surface area contributed by atoms with E-state index in [0.717, 1.165) is 30.0 Å². The number of aryl methyl sites for hydroxylation is 2. The monoisotopic (exact) mass is 458 g/mol. The molecule has 0 radical (unpaired) electrons. The van der Waals surface area contributed by atoms with E-state index in [-0.39, 0.29) is 11.7 Å². The van der Waals surface area contributed by atoms with Gasteiger partial charge in [-0.25, -0.2) is 9.97 Å². The van der Waals surface area contributed by atoms with E-state index < -0.39 is 0 Å². The van der Waals surface area contributed by atoms with E-state index in [0.29, 0.717) is 48.6 Å². The van der Waals surface area contributed by atoms with Crippen LogP contribution in [-0.4, -0.2) is 58.5 Å². The van der Waals surface area contributed by atoms with Crippen LogP contribution in [0.4, 0.5) is 5.69 Å². The van der Waals surface area contributed by atoms with Crippen LogP contribution in [0.25, 0.3) is 16.6 Å². The van der Waals surface area contributed by atoms with Crippen molar-refractivity contribution < 1.29 is 9.47 Å². The molecule has 4 heterocycles. The summed E-state index contributed by atoms with van der Waals surface area (Å²) >= 11 is 0. The Morgan fingerprint density at radius 2 is 2.15 bits per heavy atom. The van der Waals surface area contributed by atoms with E-state index in [9.17, 15) is 4.79 Å². The highest BCUT2D eigenvalue weighted by Crippen LogP contribution is 2.22. The van der Waals surface area contributed by atoms with Gasteiger partial charge in [-0.3, -0.25) is 9.36 Å². The van der Waals surface area contributed by atoms with E-state index in [4.69, 9.17) is 19.7 Å². The van der Waals surface area contributed by atoms with Gasteiger partial charge in [0.15, 0.2) is 5.69 Å². The minimum atomic E-state index is -0.0399. The van der Waals surface area contributed by atoms with Gasteiger partial charge in [-0.05, 0) is 49.2 Å². The standard InChI is InChI=1S/C25H26N6O3/c1-17-27-23-12-20(29-9-10-34-21(15-29)16-33-2)3-4-22(23)25(32)31(17)8-6-18-5-7-30-14-19(13-26)28-24(30)11-18/h3-5,7,11-12,14,21H,6,8-10,15-16H2,1-2H3/t21-/m1/s1. The Morgan fingerprint density at radius 1 is 1.26 bits per heavy atom. The van der Waals surface area contributed by atoms with Gasteiger partial charge in [0.05, 0.1) is 30.2 Å². The van der Waals surface area contributed by atoms with Crippen LogP contribution < -0.4 is 10.5 Å². The van der Waals surface area contributed by atoms with Crippen molar-refractivity contribution in [3.63, 3.8) is 0 Å². The smallest absolute Gasteiger partial charge is 0.261 e. The summed E-state index contributed by atoms with van der Waals surface area (Å²) in [5.74, 6) is 0.683. The molecule has 0 aliphatic carbocycles. The lowest BCUT2D eigenvalue weighted by Gasteiger charge is -2.34. The van der Waals surface area contributed by atoms with Crippen molar-refractivity contribution in [1.29, 1.82) is 5.26 Å². The number of hydrogen-bond acceptors (Lipinski definition) is 7. The van der Waals surface area contributed by atoms with Crippen molar-refractivity contribution in [3.05, 3.63) is 70.2 Å². The molecule has 0 bridgehead atoms. The second kappa shape index (κ2) is 9.25. The first-order chi connectivity index (χ1) is 16.6. The molecule has 1 atom stereocenters. The largest absolute Gasteiger partial charge is 0.382 e. The second-order valence-corrected chi connectivity index (χ2v) is 8.50. The maximum absolute atomic E-state index is 13.3. The number of methoxy groups -OCH3 is 1. The number of hydrogen-bond donors (Lipinski definition) is 0. The molecule has 1 saturated heterocycles. The Morgan fingerprint density at radius 3 is 2.97 bits per heavy atom. The molecule has 9 heteroatoms. The Balaban J connectivity index is 1.38. The molecule has 0 unspecified atom stereocenters. The summed E-state index contributed by atoms with van der Waals surface area (Å²) in [6, 6.07) is 11.8. The van der Waals surface area contributed by atoms with Crippen LogP contribution in [0.3, 0.4) is 0 Å². The number of morpholine rings is 1. The number of nitrogens with zero attached hydrogens (tertiary/aromatic N) is 6. The van der Waals surface area contributed by atoms with Crippen LogP contribution in [0.2, 0.25) is 0 Å². The minimum absolute atomic E-state index is 0.0323. The van der Waals surface area contributed by atoms with Crippen molar-refractivity contribution in [2.75, 3.05) is 38.3 Å². The summed E-state index contributed by atoms with van der Waals surface area (Å²) in [5.41, 5.74) is 3.84. The van der Waals surface area contributed by atoms with Gasteiger partial charge in [-0.1, -0.05) is 0 Å². The maximum Gasteiger partial charge on any atom is 0.261 e. The molecule has 0 spiro atoms. The molecule has 9 nitrogen and oxygen atoms in total. The van der Waals surface area contributed by atoms with Crippen LogP contribution in [0.1, 0.15) is 17.1 Å². The zero-order valence-electron chi connectivity index (χ0n) is 19.3. The highest BCUT2D eigenvalue weighted by Gasteiger charge is 2.21. The number of benzene rings is 1. The van der Waals surface area contributed by atoms with E-state index >= 15 is 0 Å². The third-order valence-corrected chi connectivity index (χ3v) is 6.25. The van der Waals surface area contributed by atoms with E-state index in [1.54, 1.807) is 17.9 Å². The molecule has 0 amide bonds. The van der Waals surface area contributed by atoms with Crippen molar-refractivity contribution >= 4 is 22.2 Å². The molecule has 3 aromatic heterocycles. The number of pyridine rings is 1. The van der Waals surface area contributed by atoms with Gasteiger partial charge >= 0.3 is 0 Å². The fourth-order valence-electron chi connectivity index (χ4n) is 4.50. The first kappa shape index (κ1) is 22.1. The molecule has 0 saturated carbocycles. The molecule has 1 aromatic carbocycles. The van der Waals surface area contributed by atoms with Gasteiger partial charge in [0.1, 0.15) is 17.5 Å². The summed E-state index contributed by atoms with van der Waals surface area (Å²) in [7, 11) is 1.68. The summed E-state index contributed by atoms with van der Waals surface area (Å²) in [6.07, 6.45) is 4.28. The second-order valence-electron chi connectivity index (χ2n) is 8.50. The zero-order chi connectivity index (χ0) is 23.7. The summed E-state index contributed by atoms with van der Waals surface area (Å²) in [5, 5.41) is 9.66. The van der Waals surface area contributed by atoms with Crippen molar-refractivity contribution in [2.45, 2.75) is 26.0 Å². The van der Waals surface area contributed by atoms with E-state index in [1.165, 1.54) is 0 Å². The molecule has 174 valence electrons. The normalized spacial score (nSPS) is 16.3. The summed E-state index contributed by atoms with van der Waals surface area (Å²) in [4.78, 5) is 24.6. The molecule has 0 N–H and O–H groups in total. The van der Waals surface area contributed by atoms with Crippen LogP contribution in [-0.2, 0) is 22.4 Å². The predicted molar refractivity (Wildman–Crippen MR) is 128 cm³/mol. The number of rotatable bonds is 6. The van der Waals surface area contributed by atoms with Gasteiger partial charge < -0.3 is 18.8 Å². The average molecular weight is 459 g/mol. The molecule has 1 fully saturated rings. The molecule has 4 aromatic rings. The van der Waals surface area contributed by atoms with Crippen LogP contribution in [0, 0.1) is 18.3 Å². The number of aromatic nitrogens is 4. The Labute approximate surface area is 196 Å². The Kier molecular flexibility index (Phi) is 6.01. The third kappa shape index (κ3) is 4.25. The summed E-state index contributed by atoms with van der Waals surface area (Å²) < 4.78 is 14.5. The highest BCUT2D eigenvalue weighted by atomic mass is 16.5. The Bertz CT molecular complexity index is 1450. The van der Waals surface area contributed by atoms with Crippen molar-refractivity contribution in [2.24, 2.45) is 0 Å². The van der Waals surface area contributed by atoms with E-state index in [2.05, 4.69) is 16.0 Å². The molecule has 5 rings (SSSR count). The van der Waals surface area contributed by atoms with Crippen LogP contribution in [0.15, 0.2) is 47.5 Å². The zero-order valence-corrected chi connectivity index (χ0v) is 19.3. The molecule has 1 aliphatic rings.